The largest absolute Gasteiger partial charge is 0.242 e. The molecular formula is C11H13ClFNO2S. The van der Waals surface area contributed by atoms with Crippen LogP contribution in [0.4, 0.5) is 4.39 Å². The molecule has 17 heavy (non-hydrogen) atoms. The van der Waals surface area contributed by atoms with Gasteiger partial charge in [0.1, 0.15) is 10.7 Å². The summed E-state index contributed by atoms with van der Waals surface area (Å²) in [4.78, 5) is -0.236. The maximum absolute atomic E-state index is 13.0. The van der Waals surface area contributed by atoms with E-state index in [9.17, 15) is 12.8 Å². The van der Waals surface area contributed by atoms with Gasteiger partial charge in [-0.25, -0.2) is 17.5 Å². The van der Waals surface area contributed by atoms with Gasteiger partial charge in [0.05, 0.1) is 5.02 Å². The minimum Gasteiger partial charge on any atom is -0.211 e. The molecule has 1 aromatic rings. The van der Waals surface area contributed by atoms with Crippen molar-refractivity contribution in [2.75, 3.05) is 6.54 Å². The Hall–Kier alpha value is -0.910. The molecule has 0 spiro atoms. The third-order valence-corrected chi connectivity index (χ3v) is 3.96. The van der Waals surface area contributed by atoms with Crippen LogP contribution in [-0.2, 0) is 10.0 Å². The van der Waals surface area contributed by atoms with Gasteiger partial charge in [-0.1, -0.05) is 23.8 Å². The standard InChI is InChI=1S/C11H13ClFNO2S/c1-2-3-4-7-14-17(15,16)11-8-9(13)5-6-10(11)12/h2-3,5-6,8,14H,4,7H2,1H3/b3-2+. The van der Waals surface area contributed by atoms with Gasteiger partial charge >= 0.3 is 0 Å². The van der Waals surface area contributed by atoms with E-state index in [1.807, 2.05) is 19.1 Å². The predicted octanol–water partition coefficient (Wildman–Crippen LogP) is 2.72. The first-order valence-corrected chi connectivity index (χ1v) is 6.89. The smallest absolute Gasteiger partial charge is 0.211 e. The summed E-state index contributed by atoms with van der Waals surface area (Å²) in [5.74, 6) is -0.636. The van der Waals surface area contributed by atoms with E-state index in [4.69, 9.17) is 11.6 Å². The Labute approximate surface area is 105 Å². The van der Waals surface area contributed by atoms with Crippen molar-refractivity contribution < 1.29 is 12.8 Å². The fraction of sp³-hybridized carbons (Fsp3) is 0.273. The van der Waals surface area contributed by atoms with E-state index < -0.39 is 15.8 Å². The summed E-state index contributed by atoms with van der Waals surface area (Å²) in [5.41, 5.74) is 0. The number of benzene rings is 1. The van der Waals surface area contributed by atoms with Crippen molar-refractivity contribution in [3.63, 3.8) is 0 Å². The zero-order chi connectivity index (χ0) is 12.9. The second kappa shape index (κ2) is 6.14. The molecule has 0 atom stereocenters. The van der Waals surface area contributed by atoms with Gasteiger partial charge in [-0.2, -0.15) is 0 Å². The van der Waals surface area contributed by atoms with Gasteiger partial charge in [0.25, 0.3) is 0 Å². The monoisotopic (exact) mass is 277 g/mol. The van der Waals surface area contributed by atoms with Crippen LogP contribution in [-0.4, -0.2) is 15.0 Å². The predicted molar refractivity (Wildman–Crippen MR) is 66.0 cm³/mol. The Kier molecular flexibility index (Phi) is 5.11. The zero-order valence-corrected chi connectivity index (χ0v) is 10.9. The number of hydrogen-bond acceptors (Lipinski definition) is 2. The Morgan fingerprint density at radius 1 is 1.47 bits per heavy atom. The quantitative estimate of drug-likeness (QED) is 0.664. The molecule has 0 saturated heterocycles. The molecule has 0 heterocycles. The molecule has 6 heteroatoms. The van der Waals surface area contributed by atoms with Crippen LogP contribution in [0.25, 0.3) is 0 Å². The molecular weight excluding hydrogens is 265 g/mol. The van der Waals surface area contributed by atoms with Crippen LogP contribution >= 0.6 is 11.6 Å². The van der Waals surface area contributed by atoms with Crippen molar-refractivity contribution in [2.24, 2.45) is 0 Å². The van der Waals surface area contributed by atoms with E-state index in [0.717, 1.165) is 12.1 Å². The van der Waals surface area contributed by atoms with E-state index in [0.29, 0.717) is 6.42 Å². The second-order valence-corrected chi connectivity index (χ2v) is 5.47. The van der Waals surface area contributed by atoms with Crippen molar-refractivity contribution in [1.82, 2.24) is 4.72 Å². The van der Waals surface area contributed by atoms with Gasteiger partial charge in [0.15, 0.2) is 0 Å². The lowest BCUT2D eigenvalue weighted by Gasteiger charge is -2.07. The SMILES string of the molecule is C/C=C/CCNS(=O)(=O)c1cc(F)ccc1Cl. The maximum atomic E-state index is 13.0. The summed E-state index contributed by atoms with van der Waals surface area (Å²) in [6, 6.07) is 3.24. The van der Waals surface area contributed by atoms with Crippen molar-refractivity contribution in [2.45, 2.75) is 18.2 Å². The van der Waals surface area contributed by atoms with E-state index in [1.54, 1.807) is 0 Å². The minimum atomic E-state index is -3.75. The summed E-state index contributed by atoms with van der Waals surface area (Å²) in [5, 5.41) is 0.00457. The highest BCUT2D eigenvalue weighted by Gasteiger charge is 2.17. The van der Waals surface area contributed by atoms with Crippen molar-refractivity contribution >= 4 is 21.6 Å². The number of sulfonamides is 1. The molecule has 0 fully saturated rings. The van der Waals surface area contributed by atoms with E-state index in [-0.39, 0.29) is 16.5 Å². The first-order valence-electron chi connectivity index (χ1n) is 5.03. The van der Waals surface area contributed by atoms with E-state index >= 15 is 0 Å². The fourth-order valence-electron chi connectivity index (χ4n) is 1.20. The second-order valence-electron chi connectivity index (χ2n) is 3.33. The molecule has 0 saturated carbocycles. The van der Waals surface area contributed by atoms with Crippen LogP contribution in [0.3, 0.4) is 0 Å². The lowest BCUT2D eigenvalue weighted by Crippen LogP contribution is -2.24. The van der Waals surface area contributed by atoms with Crippen LogP contribution < -0.4 is 4.72 Å². The average Bonchev–Trinajstić information content (AvgIpc) is 2.28. The van der Waals surface area contributed by atoms with Gasteiger partial charge < -0.3 is 0 Å². The molecule has 0 aromatic heterocycles. The topological polar surface area (TPSA) is 46.2 Å². The fourth-order valence-corrected chi connectivity index (χ4v) is 2.76. The first-order chi connectivity index (χ1) is 7.97. The van der Waals surface area contributed by atoms with Crippen molar-refractivity contribution in [3.05, 3.63) is 41.2 Å². The number of nitrogens with one attached hydrogen (secondary N) is 1. The highest BCUT2D eigenvalue weighted by atomic mass is 35.5. The van der Waals surface area contributed by atoms with Gasteiger partial charge in [0.2, 0.25) is 10.0 Å². The van der Waals surface area contributed by atoms with Gasteiger partial charge in [0, 0.05) is 6.54 Å². The molecule has 0 aliphatic rings. The molecule has 0 amide bonds. The molecule has 3 nitrogen and oxygen atoms in total. The first kappa shape index (κ1) is 14.2. The summed E-state index contributed by atoms with van der Waals surface area (Å²) in [6.07, 6.45) is 4.22. The molecule has 0 unspecified atom stereocenters. The number of halogens is 2. The van der Waals surface area contributed by atoms with E-state index in [2.05, 4.69) is 4.72 Å². The van der Waals surface area contributed by atoms with Crippen LogP contribution in [0.2, 0.25) is 5.02 Å². The number of allylic oxidation sites excluding steroid dienone is 1. The molecule has 1 rings (SSSR count). The summed E-state index contributed by atoms with van der Waals surface area (Å²) < 4.78 is 38.9. The summed E-state index contributed by atoms with van der Waals surface area (Å²) in [6.45, 7) is 2.09. The highest BCUT2D eigenvalue weighted by Crippen LogP contribution is 2.21. The van der Waals surface area contributed by atoms with Gasteiger partial charge in [-0.05, 0) is 31.5 Å². The Balaban J connectivity index is 2.86. The maximum Gasteiger partial charge on any atom is 0.242 e. The number of hydrogen-bond donors (Lipinski definition) is 1. The van der Waals surface area contributed by atoms with Crippen molar-refractivity contribution in [1.29, 1.82) is 0 Å². The van der Waals surface area contributed by atoms with Crippen LogP contribution in [0.1, 0.15) is 13.3 Å². The molecule has 0 aliphatic carbocycles. The Bertz CT molecular complexity index is 514. The number of rotatable bonds is 5. The van der Waals surface area contributed by atoms with Crippen LogP contribution in [0.15, 0.2) is 35.2 Å². The molecule has 94 valence electrons. The van der Waals surface area contributed by atoms with Gasteiger partial charge in [-0.15, -0.1) is 0 Å². The molecule has 1 N–H and O–H groups in total. The van der Waals surface area contributed by atoms with Crippen LogP contribution in [0.5, 0.6) is 0 Å². The molecule has 0 aliphatic heterocycles. The van der Waals surface area contributed by atoms with Gasteiger partial charge in [-0.3, -0.25) is 0 Å². The van der Waals surface area contributed by atoms with Crippen LogP contribution in [0, 0.1) is 5.82 Å². The van der Waals surface area contributed by atoms with Crippen molar-refractivity contribution in [3.8, 4) is 0 Å². The van der Waals surface area contributed by atoms with E-state index in [1.165, 1.54) is 6.07 Å². The molecule has 0 bridgehead atoms. The normalized spacial score (nSPS) is 12.2. The Morgan fingerprint density at radius 2 is 2.18 bits per heavy atom. The lowest BCUT2D eigenvalue weighted by atomic mass is 10.3. The zero-order valence-electron chi connectivity index (χ0n) is 9.28. The average molecular weight is 278 g/mol. The minimum absolute atomic E-state index is 0.00457. The molecule has 1 aromatic carbocycles. The highest BCUT2D eigenvalue weighted by molar-refractivity contribution is 7.89. The third kappa shape index (κ3) is 4.11. The lowest BCUT2D eigenvalue weighted by molar-refractivity contribution is 0.578. The Morgan fingerprint density at radius 3 is 2.82 bits per heavy atom. The third-order valence-electron chi connectivity index (χ3n) is 2.02. The summed E-state index contributed by atoms with van der Waals surface area (Å²) >= 11 is 5.72. The molecule has 0 radical (unpaired) electrons. The summed E-state index contributed by atoms with van der Waals surface area (Å²) in [7, 11) is -3.75.